The van der Waals surface area contributed by atoms with Gasteiger partial charge in [0.15, 0.2) is 5.78 Å². The lowest BCUT2D eigenvalue weighted by molar-refractivity contribution is -0.115. The van der Waals surface area contributed by atoms with Crippen molar-refractivity contribution in [3.05, 3.63) is 76.4 Å². The molecule has 2 aromatic rings. The summed E-state index contributed by atoms with van der Waals surface area (Å²) < 4.78 is 5.77. The first kappa shape index (κ1) is 15.7. The maximum Gasteiger partial charge on any atom is 0.260 e. The lowest BCUT2D eigenvalue weighted by Crippen LogP contribution is -2.20. The van der Waals surface area contributed by atoms with E-state index < -0.39 is 0 Å². The molecule has 1 aliphatic heterocycles. The largest absolute Gasteiger partial charge is 0.492 e. The fraction of sp³-hybridized carbons (Fsp3) is 0.100. The highest BCUT2D eigenvalue weighted by Crippen LogP contribution is 2.41. The Bertz CT molecular complexity index is 971. The number of ketones is 1. The summed E-state index contributed by atoms with van der Waals surface area (Å²) in [6.45, 7) is 2.26. The minimum Gasteiger partial charge on any atom is -0.492 e. The van der Waals surface area contributed by atoms with Crippen LogP contribution in [0.5, 0.6) is 0 Å². The van der Waals surface area contributed by atoms with Gasteiger partial charge in [0, 0.05) is 16.0 Å². The van der Waals surface area contributed by atoms with Crippen LogP contribution in [0.25, 0.3) is 11.5 Å². The molecule has 4 nitrogen and oxygen atoms in total. The molecule has 2 aliphatic rings. The van der Waals surface area contributed by atoms with Crippen LogP contribution in [0, 0.1) is 0 Å². The zero-order valence-corrected chi connectivity index (χ0v) is 14.4. The highest BCUT2D eigenvalue weighted by Gasteiger charge is 2.41. The molecule has 124 valence electrons. The predicted octanol–water partition coefficient (Wildman–Crippen LogP) is 3.46. The van der Waals surface area contributed by atoms with Crippen molar-refractivity contribution in [2.45, 2.75) is 11.8 Å². The van der Waals surface area contributed by atoms with Crippen LogP contribution < -0.4 is 5.32 Å². The summed E-state index contributed by atoms with van der Waals surface area (Å²) in [6, 6.07) is 14.5. The third kappa shape index (κ3) is 2.39. The highest BCUT2D eigenvalue weighted by molar-refractivity contribution is 7.80. The van der Waals surface area contributed by atoms with Crippen molar-refractivity contribution in [1.82, 2.24) is 5.32 Å². The Labute approximate surface area is 150 Å². The fourth-order valence-electron chi connectivity index (χ4n) is 3.21. The van der Waals surface area contributed by atoms with Gasteiger partial charge in [0.2, 0.25) is 0 Å². The molecule has 1 heterocycles. The van der Waals surface area contributed by atoms with Crippen LogP contribution >= 0.6 is 12.6 Å². The normalized spacial score (nSPS) is 15.9. The van der Waals surface area contributed by atoms with E-state index in [0.717, 1.165) is 10.5 Å². The van der Waals surface area contributed by atoms with E-state index >= 15 is 0 Å². The van der Waals surface area contributed by atoms with Gasteiger partial charge in [-0.3, -0.25) is 9.59 Å². The monoisotopic (exact) mass is 349 g/mol. The van der Waals surface area contributed by atoms with Gasteiger partial charge >= 0.3 is 0 Å². The van der Waals surface area contributed by atoms with Crippen molar-refractivity contribution in [1.29, 1.82) is 0 Å². The second-order valence-electron chi connectivity index (χ2n) is 5.76. The highest BCUT2D eigenvalue weighted by atomic mass is 32.1. The fourth-order valence-corrected chi connectivity index (χ4v) is 3.36. The van der Waals surface area contributed by atoms with Crippen LogP contribution in [0.1, 0.15) is 28.4 Å². The van der Waals surface area contributed by atoms with Gasteiger partial charge in [0.05, 0.1) is 23.5 Å². The number of benzene rings is 2. The first-order valence-electron chi connectivity index (χ1n) is 7.98. The van der Waals surface area contributed by atoms with Gasteiger partial charge in [-0.15, -0.1) is 12.6 Å². The smallest absolute Gasteiger partial charge is 0.260 e. The van der Waals surface area contributed by atoms with E-state index in [0.29, 0.717) is 40.3 Å². The average Bonchev–Trinajstić information content (AvgIpc) is 2.97. The van der Waals surface area contributed by atoms with Crippen molar-refractivity contribution in [3.63, 3.8) is 0 Å². The van der Waals surface area contributed by atoms with Gasteiger partial charge in [-0.25, -0.2) is 0 Å². The SMILES string of the molecule is CCOC1=C2C(=O)NC(c3ccc(S)cc3)=C2C(=O)c2ccccc21. The quantitative estimate of drug-likeness (QED) is 0.835. The molecule has 0 radical (unpaired) electrons. The third-order valence-electron chi connectivity index (χ3n) is 4.28. The number of ether oxygens (including phenoxy) is 1. The van der Waals surface area contributed by atoms with Crippen molar-refractivity contribution in [2.24, 2.45) is 0 Å². The van der Waals surface area contributed by atoms with Gasteiger partial charge in [-0.1, -0.05) is 36.4 Å². The number of nitrogens with one attached hydrogen (secondary N) is 1. The van der Waals surface area contributed by atoms with Gasteiger partial charge in [0.25, 0.3) is 5.91 Å². The lowest BCUT2D eigenvalue weighted by Gasteiger charge is -2.21. The number of thiol groups is 1. The molecule has 0 atom stereocenters. The Hall–Kier alpha value is -2.79. The molecule has 0 aromatic heterocycles. The summed E-state index contributed by atoms with van der Waals surface area (Å²) >= 11 is 4.28. The zero-order valence-electron chi connectivity index (χ0n) is 13.5. The van der Waals surface area contributed by atoms with E-state index in [1.165, 1.54) is 0 Å². The third-order valence-corrected chi connectivity index (χ3v) is 4.58. The van der Waals surface area contributed by atoms with Gasteiger partial charge in [-0.2, -0.15) is 0 Å². The topological polar surface area (TPSA) is 55.4 Å². The van der Waals surface area contributed by atoms with E-state index in [1.807, 2.05) is 49.4 Å². The molecule has 0 unspecified atom stereocenters. The zero-order chi connectivity index (χ0) is 17.6. The Morgan fingerprint density at radius 3 is 2.32 bits per heavy atom. The number of carbonyl (C=O) groups excluding carboxylic acids is 2. The predicted molar refractivity (Wildman–Crippen MR) is 98.1 cm³/mol. The van der Waals surface area contributed by atoms with Gasteiger partial charge in [0.1, 0.15) is 5.76 Å². The second kappa shape index (κ2) is 5.93. The van der Waals surface area contributed by atoms with Crippen molar-refractivity contribution >= 4 is 35.8 Å². The number of hydrogen-bond donors (Lipinski definition) is 2. The number of Topliss-reactive ketones (excluding diaryl/α,β-unsaturated/α-hetero) is 1. The molecular weight excluding hydrogens is 334 g/mol. The Morgan fingerprint density at radius 1 is 0.960 bits per heavy atom. The number of hydrogen-bond acceptors (Lipinski definition) is 4. The summed E-state index contributed by atoms with van der Waals surface area (Å²) in [5.41, 5.74) is 3.18. The summed E-state index contributed by atoms with van der Waals surface area (Å²) in [5, 5.41) is 2.84. The molecule has 0 fully saturated rings. The molecule has 0 bridgehead atoms. The minimum absolute atomic E-state index is 0.169. The van der Waals surface area contributed by atoms with Crippen LogP contribution in [0.3, 0.4) is 0 Å². The first-order valence-corrected chi connectivity index (χ1v) is 8.43. The summed E-state index contributed by atoms with van der Waals surface area (Å²) in [7, 11) is 0. The van der Waals surface area contributed by atoms with Crippen LogP contribution in [0.15, 0.2) is 64.6 Å². The Kier molecular flexibility index (Phi) is 3.73. The summed E-state index contributed by atoms with van der Waals surface area (Å²) in [5.74, 6) is -0.0189. The number of carbonyl (C=O) groups is 2. The Morgan fingerprint density at radius 2 is 1.64 bits per heavy atom. The van der Waals surface area contributed by atoms with E-state index in [9.17, 15) is 9.59 Å². The molecule has 1 amide bonds. The minimum atomic E-state index is -0.314. The maximum absolute atomic E-state index is 13.1. The molecule has 5 heteroatoms. The molecule has 1 aliphatic carbocycles. The summed E-state index contributed by atoms with van der Waals surface area (Å²) in [6.07, 6.45) is 0. The summed E-state index contributed by atoms with van der Waals surface area (Å²) in [4.78, 5) is 26.5. The van der Waals surface area contributed by atoms with E-state index in [4.69, 9.17) is 4.74 Å². The Balaban J connectivity index is 2.01. The lowest BCUT2D eigenvalue weighted by atomic mass is 9.85. The van der Waals surface area contributed by atoms with Crippen LogP contribution in [-0.4, -0.2) is 18.3 Å². The van der Waals surface area contributed by atoms with E-state index in [2.05, 4.69) is 17.9 Å². The van der Waals surface area contributed by atoms with Gasteiger partial charge in [-0.05, 0) is 24.6 Å². The van der Waals surface area contributed by atoms with Crippen LogP contribution in [-0.2, 0) is 9.53 Å². The molecule has 0 spiro atoms. The van der Waals surface area contributed by atoms with Crippen LogP contribution in [0.4, 0.5) is 0 Å². The van der Waals surface area contributed by atoms with Crippen LogP contribution in [0.2, 0.25) is 0 Å². The molecule has 1 N–H and O–H groups in total. The van der Waals surface area contributed by atoms with E-state index in [-0.39, 0.29) is 11.7 Å². The van der Waals surface area contributed by atoms with E-state index in [1.54, 1.807) is 6.07 Å². The first-order chi connectivity index (χ1) is 12.1. The molecule has 25 heavy (non-hydrogen) atoms. The molecule has 0 saturated heterocycles. The number of amides is 1. The van der Waals surface area contributed by atoms with Crippen molar-refractivity contribution in [3.8, 4) is 0 Å². The van der Waals surface area contributed by atoms with Crippen molar-refractivity contribution < 1.29 is 14.3 Å². The average molecular weight is 349 g/mol. The molecule has 2 aromatic carbocycles. The molecule has 0 saturated carbocycles. The van der Waals surface area contributed by atoms with Crippen molar-refractivity contribution in [2.75, 3.05) is 6.61 Å². The maximum atomic E-state index is 13.1. The number of rotatable bonds is 3. The molecular formula is C20H15NO3S. The molecule has 4 rings (SSSR count). The second-order valence-corrected chi connectivity index (χ2v) is 6.28. The van der Waals surface area contributed by atoms with Gasteiger partial charge < -0.3 is 10.1 Å². The standard InChI is InChI=1S/C20H15NO3S/c1-2-24-19-14-6-4-3-5-13(14)18(22)15-16(19)20(23)21-17(15)11-7-9-12(25)10-8-11/h3-10,25H,2H2,1H3,(H,21,23). The number of fused-ring (bicyclic) bond motifs is 2.